The quantitative estimate of drug-likeness (QED) is 0.823. The summed E-state index contributed by atoms with van der Waals surface area (Å²) >= 11 is 7.78. The number of hydrogen-bond donors (Lipinski definition) is 0. The van der Waals surface area contributed by atoms with Gasteiger partial charge >= 0.3 is 0 Å². The van der Waals surface area contributed by atoms with Crippen molar-refractivity contribution in [3.63, 3.8) is 0 Å². The number of rotatable bonds is 5. The monoisotopic (exact) mass is 356 g/mol. The molecule has 2 unspecified atom stereocenters. The van der Waals surface area contributed by atoms with Crippen molar-refractivity contribution in [3.05, 3.63) is 35.6 Å². The van der Waals surface area contributed by atoms with E-state index in [1.54, 1.807) is 25.0 Å². The second-order valence-electron chi connectivity index (χ2n) is 5.24. The highest BCUT2D eigenvalue weighted by atomic mass is 35.5. The zero-order valence-corrected chi connectivity index (χ0v) is 14.9. The van der Waals surface area contributed by atoms with Crippen LogP contribution in [0.1, 0.15) is 13.8 Å². The second kappa shape index (κ2) is 7.31. The largest absolute Gasteiger partial charge is 0.311 e. The standard InChI is InChI=1S/C15H18ClFN4OS/c1-9(10(2)23-4)15(22)20(3)13-8-21(19-14(13)16)12-5-11(17)6-18-7-12/h5-10H,1-4H3. The topological polar surface area (TPSA) is 51.0 Å². The van der Waals surface area contributed by atoms with E-state index >= 15 is 0 Å². The number of carbonyl (C=O) groups excluding carboxylic acids is 1. The highest BCUT2D eigenvalue weighted by Gasteiger charge is 2.26. The maximum atomic E-state index is 13.3. The summed E-state index contributed by atoms with van der Waals surface area (Å²) in [5, 5.41) is 4.49. The molecule has 0 N–H and O–H groups in total. The number of halogens is 2. The summed E-state index contributed by atoms with van der Waals surface area (Å²) < 4.78 is 14.7. The van der Waals surface area contributed by atoms with Crippen LogP contribution in [-0.4, -0.2) is 39.2 Å². The third-order valence-corrected chi connectivity index (χ3v) is 5.18. The molecule has 0 radical (unpaired) electrons. The predicted molar refractivity (Wildman–Crippen MR) is 91.9 cm³/mol. The molecule has 23 heavy (non-hydrogen) atoms. The third kappa shape index (κ3) is 3.84. The number of amides is 1. The van der Waals surface area contributed by atoms with Crippen molar-refractivity contribution in [3.8, 4) is 5.69 Å². The van der Waals surface area contributed by atoms with Gasteiger partial charge in [0.15, 0.2) is 5.15 Å². The lowest BCUT2D eigenvalue weighted by molar-refractivity contribution is -0.121. The van der Waals surface area contributed by atoms with Gasteiger partial charge in [0.2, 0.25) is 5.91 Å². The van der Waals surface area contributed by atoms with E-state index < -0.39 is 5.82 Å². The van der Waals surface area contributed by atoms with E-state index in [9.17, 15) is 9.18 Å². The number of thioether (sulfide) groups is 1. The van der Waals surface area contributed by atoms with Gasteiger partial charge in [0.05, 0.1) is 24.3 Å². The predicted octanol–water partition coefficient (Wildman–Crippen LogP) is 3.41. The first-order chi connectivity index (χ1) is 10.8. The van der Waals surface area contributed by atoms with Crippen LogP contribution in [0.5, 0.6) is 0 Å². The fourth-order valence-electron chi connectivity index (χ4n) is 2.06. The van der Waals surface area contributed by atoms with Gasteiger partial charge < -0.3 is 4.90 Å². The smallest absolute Gasteiger partial charge is 0.230 e. The van der Waals surface area contributed by atoms with Crippen molar-refractivity contribution in [2.24, 2.45) is 5.92 Å². The van der Waals surface area contributed by atoms with E-state index in [-0.39, 0.29) is 22.2 Å². The third-order valence-electron chi connectivity index (χ3n) is 3.76. The molecule has 2 aromatic rings. The van der Waals surface area contributed by atoms with Gasteiger partial charge in [-0.1, -0.05) is 25.4 Å². The summed E-state index contributed by atoms with van der Waals surface area (Å²) in [5.74, 6) is -0.682. The molecule has 0 fully saturated rings. The number of nitrogens with zero attached hydrogens (tertiary/aromatic N) is 4. The number of aromatic nitrogens is 3. The van der Waals surface area contributed by atoms with Gasteiger partial charge in [-0.05, 0) is 6.26 Å². The van der Waals surface area contributed by atoms with E-state index in [4.69, 9.17) is 11.6 Å². The molecule has 0 aliphatic rings. The molecule has 2 rings (SSSR count). The minimum atomic E-state index is -0.470. The molecule has 8 heteroatoms. The van der Waals surface area contributed by atoms with Crippen LogP contribution in [0.2, 0.25) is 5.15 Å². The second-order valence-corrected chi connectivity index (χ2v) is 6.81. The molecule has 0 aliphatic heterocycles. The van der Waals surface area contributed by atoms with Crippen molar-refractivity contribution in [2.75, 3.05) is 18.2 Å². The maximum absolute atomic E-state index is 13.3. The van der Waals surface area contributed by atoms with Crippen LogP contribution in [0.15, 0.2) is 24.7 Å². The molecule has 0 saturated heterocycles. The van der Waals surface area contributed by atoms with Gasteiger partial charge in [0.1, 0.15) is 11.5 Å². The van der Waals surface area contributed by atoms with Gasteiger partial charge in [-0.15, -0.1) is 0 Å². The summed E-state index contributed by atoms with van der Waals surface area (Å²) in [4.78, 5) is 17.8. The minimum absolute atomic E-state index is 0.0503. The number of pyridine rings is 1. The summed E-state index contributed by atoms with van der Waals surface area (Å²) in [7, 11) is 1.66. The molecular weight excluding hydrogens is 339 g/mol. The normalized spacial score (nSPS) is 13.7. The highest BCUT2D eigenvalue weighted by Crippen LogP contribution is 2.28. The number of hydrogen-bond acceptors (Lipinski definition) is 4. The van der Waals surface area contributed by atoms with Gasteiger partial charge in [-0.25, -0.2) is 9.07 Å². The Kier molecular flexibility index (Phi) is 5.64. The molecule has 2 atom stereocenters. The number of anilines is 1. The molecule has 0 spiro atoms. The lowest BCUT2D eigenvalue weighted by Gasteiger charge is -2.23. The van der Waals surface area contributed by atoms with Gasteiger partial charge in [0, 0.05) is 24.3 Å². The van der Waals surface area contributed by atoms with Crippen LogP contribution < -0.4 is 4.90 Å². The molecular formula is C15H18ClFN4OS. The Labute approximate surface area is 143 Å². The Morgan fingerprint density at radius 1 is 1.43 bits per heavy atom. The first-order valence-corrected chi connectivity index (χ1v) is 8.68. The number of carbonyl (C=O) groups is 1. The van der Waals surface area contributed by atoms with E-state index in [0.29, 0.717) is 11.4 Å². The Morgan fingerprint density at radius 3 is 2.74 bits per heavy atom. The molecule has 0 aliphatic carbocycles. The molecule has 2 aromatic heterocycles. The summed E-state index contributed by atoms with van der Waals surface area (Å²) in [6.07, 6.45) is 6.14. The van der Waals surface area contributed by atoms with Gasteiger partial charge in [-0.3, -0.25) is 9.78 Å². The van der Waals surface area contributed by atoms with Crippen LogP contribution in [0.4, 0.5) is 10.1 Å². The van der Waals surface area contributed by atoms with Gasteiger partial charge in [0.25, 0.3) is 0 Å². The van der Waals surface area contributed by atoms with Crippen molar-refractivity contribution in [1.29, 1.82) is 0 Å². The van der Waals surface area contributed by atoms with Crippen molar-refractivity contribution >= 4 is 35.0 Å². The molecule has 0 bridgehead atoms. The fraction of sp³-hybridized carbons (Fsp3) is 0.400. The van der Waals surface area contributed by atoms with Crippen LogP contribution in [0.25, 0.3) is 5.69 Å². The zero-order chi connectivity index (χ0) is 17.1. The fourth-order valence-corrected chi connectivity index (χ4v) is 2.84. The molecule has 2 heterocycles. The lowest BCUT2D eigenvalue weighted by Crippen LogP contribution is -2.35. The van der Waals surface area contributed by atoms with E-state index in [0.717, 1.165) is 6.20 Å². The SMILES string of the molecule is CSC(C)C(C)C(=O)N(C)c1cn(-c2cncc(F)c2)nc1Cl. The van der Waals surface area contributed by atoms with Crippen LogP contribution >= 0.6 is 23.4 Å². The van der Waals surface area contributed by atoms with E-state index in [2.05, 4.69) is 10.1 Å². The Hall–Kier alpha value is -1.60. The highest BCUT2D eigenvalue weighted by molar-refractivity contribution is 7.99. The first-order valence-electron chi connectivity index (χ1n) is 7.01. The average molecular weight is 357 g/mol. The van der Waals surface area contributed by atoms with Crippen molar-refractivity contribution < 1.29 is 9.18 Å². The van der Waals surface area contributed by atoms with E-state index in [1.807, 2.05) is 20.1 Å². The molecule has 5 nitrogen and oxygen atoms in total. The molecule has 1 amide bonds. The lowest BCUT2D eigenvalue weighted by atomic mass is 10.1. The Morgan fingerprint density at radius 2 is 2.13 bits per heavy atom. The first kappa shape index (κ1) is 17.7. The Bertz CT molecular complexity index is 709. The minimum Gasteiger partial charge on any atom is -0.311 e. The van der Waals surface area contributed by atoms with Crippen LogP contribution in [0, 0.1) is 11.7 Å². The average Bonchev–Trinajstić information content (AvgIpc) is 2.93. The van der Waals surface area contributed by atoms with Crippen molar-refractivity contribution in [2.45, 2.75) is 19.1 Å². The van der Waals surface area contributed by atoms with Crippen LogP contribution in [0.3, 0.4) is 0 Å². The van der Waals surface area contributed by atoms with E-state index in [1.165, 1.54) is 21.8 Å². The summed E-state index contributed by atoms with van der Waals surface area (Å²) in [6.45, 7) is 3.89. The molecule has 124 valence electrons. The summed E-state index contributed by atoms with van der Waals surface area (Å²) in [5.41, 5.74) is 0.908. The van der Waals surface area contributed by atoms with Crippen molar-refractivity contribution in [1.82, 2.24) is 14.8 Å². The maximum Gasteiger partial charge on any atom is 0.230 e. The van der Waals surface area contributed by atoms with Crippen LogP contribution in [-0.2, 0) is 4.79 Å². The Balaban J connectivity index is 2.29. The molecule has 0 aromatic carbocycles. The zero-order valence-electron chi connectivity index (χ0n) is 13.3. The van der Waals surface area contributed by atoms with Gasteiger partial charge in [-0.2, -0.15) is 16.9 Å². The molecule has 0 saturated carbocycles. The summed E-state index contributed by atoms with van der Waals surface area (Å²) in [6, 6.07) is 1.29.